The molecular weight excluding hydrogens is 368 g/mol. The van der Waals surface area contributed by atoms with Gasteiger partial charge in [0.05, 0.1) is 0 Å². The van der Waals surface area contributed by atoms with Crippen LogP contribution in [0.1, 0.15) is 36.9 Å². The summed E-state index contributed by atoms with van der Waals surface area (Å²) < 4.78 is 0. The minimum Gasteiger partial charge on any atom is -0.350 e. The maximum absolute atomic E-state index is 12.0. The van der Waals surface area contributed by atoms with E-state index in [-0.39, 0.29) is 22.5 Å². The van der Waals surface area contributed by atoms with Gasteiger partial charge in [0.2, 0.25) is 5.91 Å². The number of carbonyl (C=O) groups is 1. The van der Waals surface area contributed by atoms with E-state index >= 15 is 0 Å². The highest BCUT2D eigenvalue weighted by atomic mass is 35.5. The van der Waals surface area contributed by atoms with Gasteiger partial charge in [0.15, 0.2) is 0 Å². The third-order valence-corrected chi connectivity index (χ3v) is 6.19. The number of pyridine rings is 1. The molecule has 4 nitrogen and oxygen atoms in total. The minimum absolute atomic E-state index is 0.0304. The van der Waals surface area contributed by atoms with E-state index in [1.807, 2.05) is 17.8 Å². The van der Waals surface area contributed by atoms with Crippen LogP contribution >= 0.6 is 23.4 Å². The van der Waals surface area contributed by atoms with Crippen molar-refractivity contribution in [3.05, 3.63) is 69.1 Å². The number of nitrogens with one attached hydrogen (secondary N) is 2. The van der Waals surface area contributed by atoms with Gasteiger partial charge in [-0.05, 0) is 49.1 Å². The fraction of sp³-hybridized carbons (Fsp3) is 0.300. The Hall–Kier alpha value is -1.98. The molecule has 26 heavy (non-hydrogen) atoms. The molecule has 1 amide bonds. The van der Waals surface area contributed by atoms with Gasteiger partial charge in [-0.15, -0.1) is 11.8 Å². The van der Waals surface area contributed by atoms with Crippen LogP contribution in [0.15, 0.2) is 52.2 Å². The third-order valence-electron chi connectivity index (χ3n) is 4.54. The summed E-state index contributed by atoms with van der Waals surface area (Å²) in [6.07, 6.45) is 5.90. The van der Waals surface area contributed by atoms with Crippen LogP contribution < -0.4 is 10.9 Å². The number of aromatic amines is 1. The van der Waals surface area contributed by atoms with Crippen molar-refractivity contribution in [1.82, 2.24) is 10.3 Å². The smallest absolute Gasteiger partial charge is 0.267 e. The summed E-state index contributed by atoms with van der Waals surface area (Å²) in [6.45, 7) is 0. The van der Waals surface area contributed by atoms with Crippen LogP contribution in [-0.2, 0) is 4.79 Å². The fourth-order valence-electron chi connectivity index (χ4n) is 3.01. The molecule has 1 saturated carbocycles. The third kappa shape index (κ3) is 4.05. The summed E-state index contributed by atoms with van der Waals surface area (Å²) in [5.41, 5.74) is 2.28. The van der Waals surface area contributed by atoms with Crippen molar-refractivity contribution < 1.29 is 4.79 Å². The average molecular weight is 387 g/mol. The number of thioether (sulfide) groups is 1. The Balaban J connectivity index is 1.69. The van der Waals surface area contributed by atoms with E-state index in [9.17, 15) is 9.59 Å². The number of rotatable bonds is 5. The minimum atomic E-state index is -0.313. The molecule has 6 heteroatoms. The summed E-state index contributed by atoms with van der Waals surface area (Å²) in [7, 11) is 0. The van der Waals surface area contributed by atoms with Gasteiger partial charge < -0.3 is 10.3 Å². The quantitative estimate of drug-likeness (QED) is 0.816. The Bertz CT molecular complexity index is 916. The number of carbonyl (C=O) groups excluding carboxylic acids is 1. The standard InChI is InChI=1S/C20H19ClN2O2S/c21-17-8-9-18(23-20(17)25)16(11-13-3-10-19(24)22-13)12-1-4-14(5-2-12)26-15-6-7-15/h1-2,4-5,8-9,11,13,15H,3,6-7,10H2,(H,22,24)(H,23,25)/t13-/m1/s1. The second-order valence-corrected chi connectivity index (χ2v) is 8.46. The Morgan fingerprint density at radius 3 is 2.46 bits per heavy atom. The molecule has 2 N–H and O–H groups in total. The number of hydrogen-bond acceptors (Lipinski definition) is 3. The van der Waals surface area contributed by atoms with Gasteiger partial charge in [0, 0.05) is 33.9 Å². The molecule has 0 spiro atoms. The number of H-pyrrole nitrogens is 1. The molecule has 1 atom stereocenters. The van der Waals surface area contributed by atoms with Gasteiger partial charge in [-0.25, -0.2) is 0 Å². The topological polar surface area (TPSA) is 62.0 Å². The van der Waals surface area contributed by atoms with Crippen molar-refractivity contribution >= 4 is 34.8 Å². The van der Waals surface area contributed by atoms with Crippen LogP contribution in [0.2, 0.25) is 5.02 Å². The normalized spacial score (nSPS) is 20.3. The summed E-state index contributed by atoms with van der Waals surface area (Å²) in [5, 5.41) is 3.88. The lowest BCUT2D eigenvalue weighted by molar-refractivity contribution is -0.119. The Morgan fingerprint density at radius 2 is 1.85 bits per heavy atom. The highest BCUT2D eigenvalue weighted by Crippen LogP contribution is 2.39. The van der Waals surface area contributed by atoms with E-state index in [2.05, 4.69) is 34.6 Å². The van der Waals surface area contributed by atoms with Crippen molar-refractivity contribution in [3.63, 3.8) is 0 Å². The average Bonchev–Trinajstić information content (AvgIpc) is 3.35. The fourth-order valence-corrected chi connectivity index (χ4v) is 4.17. The molecule has 1 saturated heterocycles. The lowest BCUT2D eigenvalue weighted by atomic mass is 9.99. The number of amides is 1. The number of aromatic nitrogens is 1. The van der Waals surface area contributed by atoms with Crippen LogP contribution in [-0.4, -0.2) is 22.2 Å². The molecule has 2 fully saturated rings. The molecule has 2 heterocycles. The molecule has 0 bridgehead atoms. The van der Waals surface area contributed by atoms with E-state index in [0.29, 0.717) is 12.1 Å². The van der Waals surface area contributed by atoms with E-state index in [1.54, 1.807) is 12.1 Å². The molecular formula is C20H19ClN2O2S. The molecule has 1 aliphatic carbocycles. The van der Waals surface area contributed by atoms with Crippen molar-refractivity contribution in [1.29, 1.82) is 0 Å². The number of benzene rings is 1. The highest BCUT2D eigenvalue weighted by molar-refractivity contribution is 8.00. The summed E-state index contributed by atoms with van der Waals surface area (Å²) in [4.78, 5) is 27.6. The predicted octanol–water partition coefficient (Wildman–Crippen LogP) is 3.99. The van der Waals surface area contributed by atoms with Gasteiger partial charge in [-0.3, -0.25) is 9.59 Å². The van der Waals surface area contributed by atoms with Crippen LogP contribution in [0.25, 0.3) is 5.57 Å². The van der Waals surface area contributed by atoms with Gasteiger partial charge in [-0.2, -0.15) is 0 Å². The molecule has 4 rings (SSSR count). The predicted molar refractivity (Wildman–Crippen MR) is 106 cm³/mol. The summed E-state index contributed by atoms with van der Waals surface area (Å²) in [5.74, 6) is 0.0615. The van der Waals surface area contributed by atoms with Crippen LogP contribution in [0, 0.1) is 0 Å². The largest absolute Gasteiger partial charge is 0.350 e. The molecule has 1 aromatic carbocycles. The first-order valence-electron chi connectivity index (χ1n) is 8.76. The van der Waals surface area contributed by atoms with Crippen molar-refractivity contribution in [2.45, 2.75) is 41.9 Å². The number of halogens is 1. The lowest BCUT2D eigenvalue weighted by Crippen LogP contribution is -2.23. The van der Waals surface area contributed by atoms with E-state index < -0.39 is 0 Å². The van der Waals surface area contributed by atoms with Crippen LogP contribution in [0.3, 0.4) is 0 Å². The first-order valence-corrected chi connectivity index (χ1v) is 10.0. The monoisotopic (exact) mass is 386 g/mol. The molecule has 0 unspecified atom stereocenters. The molecule has 2 aromatic rings. The zero-order valence-electron chi connectivity index (χ0n) is 14.1. The zero-order valence-corrected chi connectivity index (χ0v) is 15.7. The van der Waals surface area contributed by atoms with Crippen molar-refractivity contribution in [2.75, 3.05) is 0 Å². The molecule has 1 aromatic heterocycles. The second-order valence-electron chi connectivity index (χ2n) is 6.68. The lowest BCUT2D eigenvalue weighted by Gasteiger charge is -2.13. The second kappa shape index (κ2) is 7.33. The summed E-state index contributed by atoms with van der Waals surface area (Å²) in [6, 6.07) is 11.8. The Kier molecular flexibility index (Phi) is 4.92. The SMILES string of the molecule is O=C1CC[C@H](C=C(c2ccc(SC3CC3)cc2)c2ccc(Cl)c(=O)[nH]2)N1. The zero-order chi connectivity index (χ0) is 18.1. The van der Waals surface area contributed by atoms with E-state index in [4.69, 9.17) is 11.6 Å². The number of hydrogen-bond donors (Lipinski definition) is 2. The summed E-state index contributed by atoms with van der Waals surface area (Å²) >= 11 is 7.78. The van der Waals surface area contributed by atoms with Crippen molar-refractivity contribution in [3.8, 4) is 0 Å². The Labute approximate surface area is 161 Å². The highest BCUT2D eigenvalue weighted by Gasteiger charge is 2.23. The maximum atomic E-state index is 12.0. The van der Waals surface area contributed by atoms with Crippen LogP contribution in [0.5, 0.6) is 0 Å². The van der Waals surface area contributed by atoms with Crippen LogP contribution in [0.4, 0.5) is 0 Å². The van der Waals surface area contributed by atoms with Gasteiger partial charge >= 0.3 is 0 Å². The van der Waals surface area contributed by atoms with E-state index in [0.717, 1.165) is 22.8 Å². The van der Waals surface area contributed by atoms with Gasteiger partial charge in [0.25, 0.3) is 5.56 Å². The molecule has 2 aliphatic rings. The Morgan fingerprint density at radius 1 is 1.08 bits per heavy atom. The van der Waals surface area contributed by atoms with E-state index in [1.165, 1.54) is 17.7 Å². The van der Waals surface area contributed by atoms with Crippen molar-refractivity contribution in [2.24, 2.45) is 0 Å². The van der Waals surface area contributed by atoms with Gasteiger partial charge in [-0.1, -0.05) is 29.8 Å². The maximum Gasteiger partial charge on any atom is 0.267 e. The molecule has 134 valence electrons. The first-order chi connectivity index (χ1) is 12.6. The molecule has 1 aliphatic heterocycles. The van der Waals surface area contributed by atoms with Gasteiger partial charge in [0.1, 0.15) is 5.02 Å². The molecule has 0 radical (unpaired) electrons. The first kappa shape index (κ1) is 17.4.